The number of hydrogen-bond acceptors (Lipinski definition) is 2. The Kier molecular flexibility index (Phi) is 7.48. The zero-order valence-corrected chi connectivity index (χ0v) is 20.5. The minimum atomic E-state index is -3.53. The molecule has 4 aromatic carbocycles. The lowest BCUT2D eigenvalue weighted by Gasteiger charge is -2.27. The topological polar surface area (TPSA) is 34.1 Å². The Balaban J connectivity index is 0.00000272. The molecule has 31 heavy (non-hydrogen) atoms. The van der Waals surface area contributed by atoms with E-state index >= 15 is 0 Å². The second-order valence-corrected chi connectivity index (χ2v) is 13.3. The van der Waals surface area contributed by atoms with Gasteiger partial charge in [0.05, 0.1) is 4.90 Å². The van der Waals surface area contributed by atoms with Gasteiger partial charge in [0.1, 0.15) is 23.2 Å². The van der Waals surface area contributed by atoms with Crippen LogP contribution in [-0.2, 0) is 9.84 Å². The Morgan fingerprint density at radius 3 is 1.29 bits per heavy atom. The first-order valence-electron chi connectivity index (χ1n) is 9.87. The monoisotopic (exact) mass is 510 g/mol. The van der Waals surface area contributed by atoms with Gasteiger partial charge in [-0.2, -0.15) is 0 Å². The van der Waals surface area contributed by atoms with E-state index in [1.807, 2.05) is 73.7 Å². The van der Waals surface area contributed by atoms with Crippen LogP contribution in [0.2, 0.25) is 0 Å². The molecule has 0 amide bonds. The van der Waals surface area contributed by atoms with Crippen molar-refractivity contribution in [1.82, 2.24) is 0 Å². The average molecular weight is 511 g/mol. The first-order valence-corrected chi connectivity index (χ1v) is 13.5. The van der Waals surface area contributed by atoms with Crippen LogP contribution in [0.25, 0.3) is 0 Å². The lowest BCUT2D eigenvalue weighted by atomic mass is 10.2. The van der Waals surface area contributed by atoms with Gasteiger partial charge in [-0.15, -0.1) is 0 Å². The van der Waals surface area contributed by atoms with E-state index in [2.05, 4.69) is 36.4 Å². The van der Waals surface area contributed by atoms with Crippen LogP contribution in [0.3, 0.4) is 0 Å². The lowest BCUT2D eigenvalue weighted by Crippen LogP contribution is -3.00. The summed E-state index contributed by atoms with van der Waals surface area (Å²) in [6.07, 6.45) is 0. The van der Waals surface area contributed by atoms with Gasteiger partial charge in [-0.25, -0.2) is 8.42 Å². The number of hydrogen-bond donors (Lipinski definition) is 0. The summed E-state index contributed by atoms with van der Waals surface area (Å²) in [7, 11) is -5.97. The van der Waals surface area contributed by atoms with Crippen LogP contribution in [-0.4, -0.2) is 13.9 Å². The SMILES string of the molecule is Cc1ccc(S(=O)(=O)C[P+](c2ccccc2)(c2ccccc2)c2ccccc2)cc1.[Br-]. The molecule has 0 unspecified atom stereocenters. The molecule has 0 aliphatic carbocycles. The van der Waals surface area contributed by atoms with Crippen molar-refractivity contribution in [3.8, 4) is 0 Å². The summed E-state index contributed by atoms with van der Waals surface area (Å²) < 4.78 is 27.4. The van der Waals surface area contributed by atoms with E-state index in [-0.39, 0.29) is 22.5 Å². The molecule has 0 heterocycles. The summed E-state index contributed by atoms with van der Waals surface area (Å²) in [5.41, 5.74) is 1.10. The molecule has 2 nitrogen and oxygen atoms in total. The summed E-state index contributed by atoms with van der Waals surface area (Å²) in [5, 5.41) is 3.20. The third kappa shape index (κ3) is 4.82. The molecule has 0 spiro atoms. The maximum Gasteiger partial charge on any atom is 0.213 e. The highest BCUT2D eigenvalue weighted by atomic mass is 79.9. The van der Waals surface area contributed by atoms with Crippen LogP contribution in [0.5, 0.6) is 0 Å². The second-order valence-electron chi connectivity index (χ2n) is 7.37. The van der Waals surface area contributed by atoms with Gasteiger partial charge >= 0.3 is 0 Å². The highest BCUT2D eigenvalue weighted by Crippen LogP contribution is 2.56. The van der Waals surface area contributed by atoms with Gasteiger partial charge in [-0.05, 0) is 55.5 Å². The predicted molar refractivity (Wildman–Crippen MR) is 128 cm³/mol. The third-order valence-corrected chi connectivity index (χ3v) is 12.8. The van der Waals surface area contributed by atoms with Gasteiger partial charge in [-0.3, -0.25) is 0 Å². The van der Waals surface area contributed by atoms with Crippen LogP contribution in [0, 0.1) is 6.92 Å². The smallest absolute Gasteiger partial charge is 0.213 e. The largest absolute Gasteiger partial charge is 1.00 e. The van der Waals surface area contributed by atoms with E-state index < -0.39 is 17.1 Å². The molecule has 0 bridgehead atoms. The van der Waals surface area contributed by atoms with Crippen molar-refractivity contribution < 1.29 is 25.4 Å². The van der Waals surface area contributed by atoms with Gasteiger partial charge < -0.3 is 17.0 Å². The van der Waals surface area contributed by atoms with Gasteiger partial charge in [0.2, 0.25) is 9.84 Å². The average Bonchev–Trinajstić information content (AvgIpc) is 2.79. The Morgan fingerprint density at radius 2 is 0.935 bits per heavy atom. The van der Waals surface area contributed by atoms with Crippen LogP contribution in [0.1, 0.15) is 5.56 Å². The van der Waals surface area contributed by atoms with Crippen LogP contribution in [0.15, 0.2) is 120 Å². The van der Waals surface area contributed by atoms with E-state index in [9.17, 15) is 8.42 Å². The van der Waals surface area contributed by atoms with E-state index in [1.54, 1.807) is 12.1 Å². The Morgan fingerprint density at radius 1 is 0.581 bits per heavy atom. The molecular weight excluding hydrogens is 487 g/mol. The number of benzene rings is 4. The molecule has 0 saturated heterocycles. The molecule has 4 aromatic rings. The number of rotatable bonds is 6. The predicted octanol–water partition coefficient (Wildman–Crippen LogP) is 1.72. The van der Waals surface area contributed by atoms with Crippen molar-refractivity contribution in [1.29, 1.82) is 0 Å². The minimum Gasteiger partial charge on any atom is -1.00 e. The summed E-state index contributed by atoms with van der Waals surface area (Å²) >= 11 is 0. The molecule has 0 radical (unpaired) electrons. The van der Waals surface area contributed by atoms with Gasteiger partial charge in [0.25, 0.3) is 0 Å². The van der Waals surface area contributed by atoms with Crippen molar-refractivity contribution in [3.05, 3.63) is 121 Å². The van der Waals surface area contributed by atoms with Gasteiger partial charge in [0, 0.05) is 0 Å². The number of aryl methyl sites for hydroxylation is 1. The zero-order chi connectivity index (χ0) is 21.0. The van der Waals surface area contributed by atoms with Gasteiger partial charge in [-0.1, -0.05) is 72.3 Å². The molecule has 5 heteroatoms. The molecule has 0 aliphatic rings. The molecule has 0 fully saturated rings. The van der Waals surface area contributed by atoms with Crippen molar-refractivity contribution >= 4 is 33.0 Å². The van der Waals surface area contributed by atoms with E-state index in [0.717, 1.165) is 21.5 Å². The first-order chi connectivity index (χ1) is 14.5. The maximum atomic E-state index is 13.7. The van der Waals surface area contributed by atoms with Crippen LogP contribution in [0.4, 0.5) is 0 Å². The fourth-order valence-electron chi connectivity index (χ4n) is 3.79. The maximum absolute atomic E-state index is 13.7. The van der Waals surface area contributed by atoms with Crippen molar-refractivity contribution in [2.45, 2.75) is 11.8 Å². The molecule has 158 valence electrons. The molecule has 0 N–H and O–H groups in total. The highest BCUT2D eigenvalue weighted by Gasteiger charge is 2.49. The minimum absolute atomic E-state index is 0. The van der Waals surface area contributed by atoms with E-state index in [1.165, 1.54) is 0 Å². The highest BCUT2D eigenvalue weighted by molar-refractivity contribution is 8.09. The van der Waals surface area contributed by atoms with Crippen LogP contribution >= 0.6 is 7.26 Å². The molecule has 0 aromatic heterocycles. The fourth-order valence-corrected chi connectivity index (χ4v) is 11.7. The Hall–Kier alpha value is -2.26. The summed E-state index contributed by atoms with van der Waals surface area (Å²) in [4.78, 5) is 0.375. The molecule has 0 saturated carbocycles. The fraction of sp³-hybridized carbons (Fsp3) is 0.0769. The third-order valence-electron chi connectivity index (χ3n) is 5.33. The van der Waals surface area contributed by atoms with Crippen molar-refractivity contribution in [2.75, 3.05) is 5.49 Å². The quantitative estimate of drug-likeness (QED) is 0.370. The number of sulfone groups is 1. The Bertz CT molecular complexity index is 1110. The number of halogens is 1. The molecule has 0 atom stereocenters. The standard InChI is InChI=1S/C26H24O2PS.BrH/c1-22-17-19-26(20-18-22)30(27,28)21-29(23-11-5-2-6-12-23,24-13-7-3-8-14-24)25-15-9-4-10-16-25;/h2-20H,21H2,1H3;1H/q+1;/p-1. The Labute approximate surface area is 196 Å². The van der Waals surface area contributed by atoms with Crippen molar-refractivity contribution in [3.63, 3.8) is 0 Å². The summed E-state index contributed by atoms with van der Waals surface area (Å²) in [5.74, 6) is 0. The first kappa shape index (κ1) is 23.4. The second kappa shape index (κ2) is 9.91. The van der Waals surface area contributed by atoms with E-state index in [0.29, 0.717) is 4.90 Å². The van der Waals surface area contributed by atoms with Crippen molar-refractivity contribution in [2.24, 2.45) is 0 Å². The zero-order valence-electron chi connectivity index (χ0n) is 17.2. The molecule has 0 aliphatic heterocycles. The summed E-state index contributed by atoms with van der Waals surface area (Å²) in [6.45, 7) is 1.96. The normalized spacial score (nSPS) is 11.5. The molecular formula is C26H24BrO2PS. The van der Waals surface area contributed by atoms with E-state index in [4.69, 9.17) is 0 Å². The molecule has 4 rings (SSSR count). The lowest BCUT2D eigenvalue weighted by molar-refractivity contribution is -0.00000836. The van der Waals surface area contributed by atoms with Crippen LogP contribution < -0.4 is 32.9 Å². The van der Waals surface area contributed by atoms with Gasteiger partial charge in [0.15, 0.2) is 5.49 Å². The summed E-state index contributed by atoms with van der Waals surface area (Å²) in [6, 6.07) is 37.5.